The number of fused-ring (bicyclic) bond motifs is 1. The zero-order valence-corrected chi connectivity index (χ0v) is 15.3. The third-order valence-corrected chi connectivity index (χ3v) is 4.72. The highest BCUT2D eigenvalue weighted by molar-refractivity contribution is 5.93. The minimum Gasteiger partial charge on any atom is -0.399 e. The Morgan fingerprint density at radius 2 is 2.04 bits per heavy atom. The van der Waals surface area contributed by atoms with E-state index in [0.29, 0.717) is 17.1 Å². The summed E-state index contributed by atoms with van der Waals surface area (Å²) in [5.74, 6) is -0.127. The molecule has 7 nitrogen and oxygen atoms in total. The molecule has 0 unspecified atom stereocenters. The largest absolute Gasteiger partial charge is 0.399 e. The number of rotatable bonds is 4. The van der Waals surface area contributed by atoms with Crippen molar-refractivity contribution in [2.75, 3.05) is 22.9 Å². The number of hydrogen-bond acceptors (Lipinski definition) is 5. The van der Waals surface area contributed by atoms with Gasteiger partial charge in [0, 0.05) is 29.0 Å². The van der Waals surface area contributed by atoms with Gasteiger partial charge >= 0.3 is 0 Å². The van der Waals surface area contributed by atoms with Gasteiger partial charge in [-0.05, 0) is 42.7 Å². The van der Waals surface area contributed by atoms with Crippen LogP contribution in [0.1, 0.15) is 17.5 Å². The highest BCUT2D eigenvalue weighted by Gasteiger charge is 2.19. The fraction of sp³-hybridized carbons (Fsp3) is 0.190. The van der Waals surface area contributed by atoms with E-state index >= 15 is 0 Å². The predicted octanol–water partition coefficient (Wildman–Crippen LogP) is 2.56. The molecule has 2 heterocycles. The van der Waals surface area contributed by atoms with E-state index < -0.39 is 0 Å². The van der Waals surface area contributed by atoms with Crippen LogP contribution in [-0.2, 0) is 17.6 Å². The van der Waals surface area contributed by atoms with Gasteiger partial charge in [-0.15, -0.1) is 0 Å². The maximum absolute atomic E-state index is 12.4. The van der Waals surface area contributed by atoms with Gasteiger partial charge in [0.05, 0.1) is 12.1 Å². The van der Waals surface area contributed by atoms with E-state index in [-0.39, 0.29) is 17.9 Å². The fourth-order valence-electron chi connectivity index (χ4n) is 3.44. The lowest BCUT2D eigenvalue weighted by Gasteiger charge is -2.19. The highest BCUT2D eigenvalue weighted by atomic mass is 16.1. The maximum atomic E-state index is 12.4. The Bertz CT molecular complexity index is 1090. The van der Waals surface area contributed by atoms with E-state index in [1.165, 1.54) is 0 Å². The van der Waals surface area contributed by atoms with Crippen LogP contribution in [0, 0.1) is 0 Å². The molecular formula is C21H21N5O2. The molecule has 2 aromatic carbocycles. The van der Waals surface area contributed by atoms with Crippen molar-refractivity contribution in [3.8, 4) is 11.3 Å². The minimum absolute atomic E-state index is 0.127. The molecule has 28 heavy (non-hydrogen) atoms. The van der Waals surface area contributed by atoms with Gasteiger partial charge in [-0.2, -0.15) is 5.10 Å². The molecule has 4 rings (SSSR count). The molecule has 1 aromatic heterocycles. The van der Waals surface area contributed by atoms with Crippen LogP contribution in [-0.4, -0.2) is 22.6 Å². The molecule has 0 aliphatic carbocycles. The number of H-pyrrole nitrogens is 1. The van der Waals surface area contributed by atoms with Gasteiger partial charge in [-0.25, -0.2) is 5.10 Å². The number of nitrogens with two attached hydrogens (primary N) is 1. The lowest BCUT2D eigenvalue weighted by Crippen LogP contribution is -2.24. The van der Waals surface area contributed by atoms with E-state index in [0.717, 1.165) is 41.8 Å². The van der Waals surface area contributed by atoms with Crippen LogP contribution >= 0.6 is 0 Å². The van der Waals surface area contributed by atoms with Gasteiger partial charge in [0.15, 0.2) is 0 Å². The SMILES string of the molecule is Nc1cccc(CC(=O)Nc2cccc(-c3n[nH]c(=O)c4c3NCCC4)c2)c1. The molecule has 142 valence electrons. The second-order valence-electron chi connectivity index (χ2n) is 6.84. The van der Waals surface area contributed by atoms with Gasteiger partial charge in [-0.3, -0.25) is 9.59 Å². The molecule has 1 amide bonds. The summed E-state index contributed by atoms with van der Waals surface area (Å²) in [4.78, 5) is 24.4. The number of nitrogens with one attached hydrogen (secondary N) is 3. The third-order valence-electron chi connectivity index (χ3n) is 4.72. The molecule has 0 spiro atoms. The summed E-state index contributed by atoms with van der Waals surface area (Å²) in [6.45, 7) is 0.807. The standard InChI is InChI=1S/C21H21N5O2/c22-15-6-1-4-13(10-15)11-18(27)24-16-7-2-5-14(12-16)19-20-17(8-3-9-23-20)21(28)26-25-19/h1-2,4-7,10,12,23H,3,8-9,11,22H2,(H,24,27)(H,26,28). The third kappa shape index (κ3) is 3.73. The molecule has 7 heteroatoms. The van der Waals surface area contributed by atoms with Crippen molar-refractivity contribution in [2.45, 2.75) is 19.3 Å². The van der Waals surface area contributed by atoms with Crippen molar-refractivity contribution < 1.29 is 4.79 Å². The number of nitrogen functional groups attached to an aromatic ring is 1. The molecular weight excluding hydrogens is 354 g/mol. The smallest absolute Gasteiger partial charge is 0.269 e. The van der Waals surface area contributed by atoms with Crippen molar-refractivity contribution in [3.05, 3.63) is 70.0 Å². The van der Waals surface area contributed by atoms with Crippen molar-refractivity contribution in [2.24, 2.45) is 0 Å². The topological polar surface area (TPSA) is 113 Å². The number of carbonyl (C=O) groups is 1. The van der Waals surface area contributed by atoms with Gasteiger partial charge in [0.1, 0.15) is 5.69 Å². The van der Waals surface area contributed by atoms with E-state index in [1.54, 1.807) is 12.1 Å². The summed E-state index contributed by atoms with van der Waals surface area (Å²) in [6, 6.07) is 14.7. The first-order chi connectivity index (χ1) is 13.6. The fourth-order valence-corrected chi connectivity index (χ4v) is 3.44. The van der Waals surface area contributed by atoms with E-state index in [9.17, 15) is 9.59 Å². The van der Waals surface area contributed by atoms with Crippen LogP contribution in [0.5, 0.6) is 0 Å². The molecule has 0 radical (unpaired) electrons. The zero-order valence-electron chi connectivity index (χ0n) is 15.3. The Hall–Kier alpha value is -3.61. The molecule has 0 bridgehead atoms. The monoisotopic (exact) mass is 375 g/mol. The summed E-state index contributed by atoms with van der Waals surface area (Å²) < 4.78 is 0. The number of amides is 1. The first-order valence-corrected chi connectivity index (χ1v) is 9.20. The molecule has 0 atom stereocenters. The van der Waals surface area contributed by atoms with Gasteiger partial charge in [-0.1, -0.05) is 24.3 Å². The quantitative estimate of drug-likeness (QED) is 0.524. The molecule has 1 aliphatic heterocycles. The average molecular weight is 375 g/mol. The summed E-state index contributed by atoms with van der Waals surface area (Å²) >= 11 is 0. The van der Waals surface area contributed by atoms with Crippen LogP contribution in [0.4, 0.5) is 17.1 Å². The average Bonchev–Trinajstić information content (AvgIpc) is 2.68. The first kappa shape index (κ1) is 17.8. The van der Waals surface area contributed by atoms with E-state index in [1.807, 2.05) is 36.4 Å². The van der Waals surface area contributed by atoms with Gasteiger partial charge in [0.2, 0.25) is 5.91 Å². The van der Waals surface area contributed by atoms with Crippen molar-refractivity contribution >= 4 is 23.0 Å². The second kappa shape index (κ2) is 7.56. The summed E-state index contributed by atoms with van der Waals surface area (Å²) in [5, 5.41) is 13.0. The van der Waals surface area contributed by atoms with E-state index in [2.05, 4.69) is 20.8 Å². The number of aromatic nitrogens is 2. The Morgan fingerprint density at radius 3 is 2.89 bits per heavy atom. The van der Waals surface area contributed by atoms with Crippen molar-refractivity contribution in [3.63, 3.8) is 0 Å². The molecule has 0 saturated heterocycles. The zero-order chi connectivity index (χ0) is 19.5. The van der Waals surface area contributed by atoms with Crippen LogP contribution in [0.25, 0.3) is 11.3 Å². The number of hydrogen-bond donors (Lipinski definition) is 4. The Morgan fingerprint density at radius 1 is 1.18 bits per heavy atom. The molecule has 1 aliphatic rings. The summed E-state index contributed by atoms with van der Waals surface area (Å²) in [6.07, 6.45) is 1.88. The van der Waals surface area contributed by atoms with Crippen LogP contribution in [0.15, 0.2) is 53.3 Å². The van der Waals surface area contributed by atoms with Crippen molar-refractivity contribution in [1.29, 1.82) is 0 Å². The van der Waals surface area contributed by atoms with Crippen LogP contribution in [0.3, 0.4) is 0 Å². The minimum atomic E-state index is -0.155. The first-order valence-electron chi connectivity index (χ1n) is 9.20. The second-order valence-corrected chi connectivity index (χ2v) is 6.84. The van der Waals surface area contributed by atoms with Gasteiger partial charge in [0.25, 0.3) is 5.56 Å². The lowest BCUT2D eigenvalue weighted by molar-refractivity contribution is -0.115. The molecule has 3 aromatic rings. The van der Waals surface area contributed by atoms with Crippen LogP contribution in [0.2, 0.25) is 0 Å². The van der Waals surface area contributed by atoms with Crippen LogP contribution < -0.4 is 21.9 Å². The Labute approximate surface area is 162 Å². The normalized spacial score (nSPS) is 12.7. The number of aromatic amines is 1. The summed E-state index contributed by atoms with van der Waals surface area (Å²) in [5.41, 5.74) is 10.8. The Balaban J connectivity index is 1.57. The van der Waals surface area contributed by atoms with Gasteiger partial charge < -0.3 is 16.4 Å². The maximum Gasteiger partial charge on any atom is 0.269 e. The molecule has 0 fully saturated rings. The summed E-state index contributed by atoms with van der Waals surface area (Å²) in [7, 11) is 0. The number of nitrogens with zero attached hydrogens (tertiary/aromatic N) is 1. The number of anilines is 3. The number of benzene rings is 2. The Kier molecular flexibility index (Phi) is 4.80. The molecule has 5 N–H and O–H groups in total. The van der Waals surface area contributed by atoms with Crippen molar-refractivity contribution in [1.82, 2.24) is 10.2 Å². The predicted molar refractivity (Wildman–Crippen MR) is 110 cm³/mol. The number of carbonyl (C=O) groups excluding carboxylic acids is 1. The molecule has 0 saturated carbocycles. The van der Waals surface area contributed by atoms with E-state index in [4.69, 9.17) is 5.73 Å². The lowest BCUT2D eigenvalue weighted by atomic mass is 10.0. The highest BCUT2D eigenvalue weighted by Crippen LogP contribution is 2.31.